The lowest BCUT2D eigenvalue weighted by Gasteiger charge is -2.16. The van der Waals surface area contributed by atoms with E-state index in [1.165, 1.54) is 0 Å². The van der Waals surface area contributed by atoms with Gasteiger partial charge in [-0.15, -0.1) is 0 Å². The molecule has 1 aliphatic rings. The molecule has 0 saturated heterocycles. The number of fused-ring (bicyclic) bond motifs is 1. The number of aromatic nitrogens is 4. The van der Waals surface area contributed by atoms with E-state index in [1.54, 1.807) is 15.9 Å². The Balaban J connectivity index is 2.21. The predicted octanol–water partition coefficient (Wildman–Crippen LogP) is -0.212. The van der Waals surface area contributed by atoms with Gasteiger partial charge in [0, 0.05) is 13.1 Å². The molecule has 0 radical (unpaired) electrons. The molecule has 7 nitrogen and oxygen atoms in total. The van der Waals surface area contributed by atoms with Crippen molar-refractivity contribution in [2.24, 2.45) is 12.9 Å². The van der Waals surface area contributed by atoms with Crippen molar-refractivity contribution in [3.05, 3.63) is 6.33 Å². The van der Waals surface area contributed by atoms with E-state index in [1.807, 2.05) is 7.05 Å². The molecule has 2 aromatic rings. The minimum atomic E-state index is 0.224. The maximum absolute atomic E-state index is 5.98. The van der Waals surface area contributed by atoms with Crippen LogP contribution in [0.25, 0.3) is 11.2 Å². The minimum absolute atomic E-state index is 0.224. The molecule has 1 fully saturated rings. The second kappa shape index (κ2) is 3.05. The van der Waals surface area contributed by atoms with E-state index in [-0.39, 0.29) is 5.95 Å². The largest absolute Gasteiger partial charge is 0.368 e. The van der Waals surface area contributed by atoms with Gasteiger partial charge in [-0.3, -0.25) is 5.01 Å². The summed E-state index contributed by atoms with van der Waals surface area (Å²) in [4.78, 5) is 12.6. The Morgan fingerprint density at radius 3 is 2.88 bits per heavy atom. The summed E-state index contributed by atoms with van der Waals surface area (Å²) in [7, 11) is 1.86. The van der Waals surface area contributed by atoms with E-state index in [0.717, 1.165) is 12.8 Å². The topological polar surface area (TPSA) is 98.9 Å². The van der Waals surface area contributed by atoms with Crippen LogP contribution in [0.3, 0.4) is 0 Å². The van der Waals surface area contributed by atoms with Gasteiger partial charge < -0.3 is 10.3 Å². The van der Waals surface area contributed by atoms with Gasteiger partial charge in [0.2, 0.25) is 5.95 Å². The molecule has 0 bridgehead atoms. The number of imidazole rings is 1. The first-order chi connectivity index (χ1) is 7.66. The van der Waals surface area contributed by atoms with Crippen LogP contribution in [-0.4, -0.2) is 25.6 Å². The van der Waals surface area contributed by atoms with Crippen LogP contribution in [0.15, 0.2) is 6.33 Å². The fourth-order valence-corrected chi connectivity index (χ4v) is 1.71. The van der Waals surface area contributed by atoms with E-state index in [9.17, 15) is 0 Å². The maximum atomic E-state index is 5.98. The Bertz CT molecular complexity index is 542. The minimum Gasteiger partial charge on any atom is -0.368 e. The van der Waals surface area contributed by atoms with Crippen molar-refractivity contribution in [2.75, 3.05) is 10.7 Å². The van der Waals surface area contributed by atoms with Gasteiger partial charge in [-0.1, -0.05) is 0 Å². The molecule has 1 aliphatic carbocycles. The third kappa shape index (κ3) is 1.28. The number of aryl methyl sites for hydroxylation is 1. The quantitative estimate of drug-likeness (QED) is 0.535. The predicted molar refractivity (Wildman–Crippen MR) is 60.4 cm³/mol. The van der Waals surface area contributed by atoms with Crippen LogP contribution in [0.4, 0.5) is 11.8 Å². The molecule has 0 amide bonds. The van der Waals surface area contributed by atoms with Crippen molar-refractivity contribution in [1.82, 2.24) is 19.5 Å². The van der Waals surface area contributed by atoms with Crippen LogP contribution in [0.5, 0.6) is 0 Å². The molecule has 0 aromatic carbocycles. The molecule has 4 N–H and O–H groups in total. The SMILES string of the molecule is Cn1cnc2c(N(N)C3CC3)nc(N)nc21. The standard InChI is InChI=1S/C9H13N7/c1-15-4-12-6-7(15)13-9(10)14-8(6)16(11)5-2-3-5/h4-5H,2-3,11H2,1H3,(H2,10,13,14). The average molecular weight is 219 g/mol. The van der Waals surface area contributed by atoms with Gasteiger partial charge in [0.1, 0.15) is 0 Å². The normalized spacial score (nSPS) is 15.6. The smallest absolute Gasteiger partial charge is 0.224 e. The van der Waals surface area contributed by atoms with Gasteiger partial charge in [-0.05, 0) is 12.8 Å². The Labute approximate surface area is 92.1 Å². The Morgan fingerprint density at radius 2 is 2.19 bits per heavy atom. The van der Waals surface area contributed by atoms with E-state index < -0.39 is 0 Å². The first-order valence-electron chi connectivity index (χ1n) is 5.15. The number of anilines is 2. The van der Waals surface area contributed by atoms with Crippen molar-refractivity contribution in [1.29, 1.82) is 0 Å². The molecule has 16 heavy (non-hydrogen) atoms. The fourth-order valence-electron chi connectivity index (χ4n) is 1.71. The lowest BCUT2D eigenvalue weighted by molar-refractivity contribution is 0.829. The van der Waals surface area contributed by atoms with E-state index in [0.29, 0.717) is 23.0 Å². The average Bonchev–Trinajstić information content (AvgIpc) is 3.04. The summed E-state index contributed by atoms with van der Waals surface area (Å²) in [6, 6.07) is 0.361. The van der Waals surface area contributed by atoms with E-state index in [4.69, 9.17) is 11.6 Å². The van der Waals surface area contributed by atoms with Crippen LogP contribution in [0.2, 0.25) is 0 Å². The molecular weight excluding hydrogens is 206 g/mol. The summed E-state index contributed by atoms with van der Waals surface area (Å²) < 4.78 is 1.80. The maximum Gasteiger partial charge on any atom is 0.224 e. The molecule has 2 heterocycles. The number of nitrogens with two attached hydrogens (primary N) is 2. The van der Waals surface area contributed by atoms with Crippen molar-refractivity contribution in [2.45, 2.75) is 18.9 Å². The Morgan fingerprint density at radius 1 is 1.44 bits per heavy atom. The number of nitrogen functional groups attached to an aromatic ring is 1. The number of hydrogen-bond acceptors (Lipinski definition) is 6. The highest BCUT2D eigenvalue weighted by Gasteiger charge is 2.30. The van der Waals surface area contributed by atoms with Gasteiger partial charge >= 0.3 is 0 Å². The summed E-state index contributed by atoms with van der Waals surface area (Å²) in [5, 5.41) is 1.65. The highest BCUT2D eigenvalue weighted by atomic mass is 15.5. The van der Waals surface area contributed by atoms with Crippen LogP contribution in [-0.2, 0) is 7.05 Å². The summed E-state index contributed by atoms with van der Waals surface area (Å²) >= 11 is 0. The number of hydrazine groups is 1. The van der Waals surface area contributed by atoms with Gasteiger partial charge in [0.25, 0.3) is 0 Å². The molecule has 3 rings (SSSR count). The van der Waals surface area contributed by atoms with Gasteiger partial charge in [-0.25, -0.2) is 10.8 Å². The zero-order chi connectivity index (χ0) is 11.3. The molecule has 0 aliphatic heterocycles. The Hall–Kier alpha value is -1.89. The molecule has 84 valence electrons. The van der Waals surface area contributed by atoms with Crippen LogP contribution in [0.1, 0.15) is 12.8 Å². The summed E-state index contributed by atoms with van der Waals surface area (Å²) in [6.07, 6.45) is 3.87. The van der Waals surface area contributed by atoms with Crippen molar-refractivity contribution in [3.63, 3.8) is 0 Å². The molecule has 2 aromatic heterocycles. The third-order valence-corrected chi connectivity index (χ3v) is 2.74. The molecule has 0 atom stereocenters. The Kier molecular flexibility index (Phi) is 1.78. The summed E-state index contributed by atoms with van der Waals surface area (Å²) in [5.41, 5.74) is 7.07. The number of rotatable bonds is 2. The van der Waals surface area contributed by atoms with Crippen molar-refractivity contribution >= 4 is 22.9 Å². The van der Waals surface area contributed by atoms with Crippen LogP contribution < -0.4 is 16.6 Å². The van der Waals surface area contributed by atoms with Gasteiger partial charge in [0.15, 0.2) is 17.0 Å². The first kappa shape index (κ1) is 9.34. The molecule has 0 spiro atoms. The highest BCUT2D eigenvalue weighted by Crippen LogP contribution is 2.31. The van der Waals surface area contributed by atoms with Crippen LogP contribution in [0, 0.1) is 0 Å². The zero-order valence-electron chi connectivity index (χ0n) is 8.96. The summed E-state index contributed by atoms with van der Waals surface area (Å²) in [6.45, 7) is 0. The van der Waals surface area contributed by atoms with Gasteiger partial charge in [0.05, 0.1) is 6.33 Å². The zero-order valence-corrected chi connectivity index (χ0v) is 8.96. The van der Waals surface area contributed by atoms with Crippen LogP contribution >= 0.6 is 0 Å². The monoisotopic (exact) mass is 219 g/mol. The molecule has 1 saturated carbocycles. The lowest BCUT2D eigenvalue weighted by Crippen LogP contribution is -2.34. The first-order valence-corrected chi connectivity index (χ1v) is 5.15. The molecule has 7 heteroatoms. The molecular formula is C9H13N7. The third-order valence-electron chi connectivity index (χ3n) is 2.74. The van der Waals surface area contributed by atoms with Gasteiger partial charge in [-0.2, -0.15) is 9.97 Å². The second-order valence-corrected chi connectivity index (χ2v) is 4.07. The summed E-state index contributed by atoms with van der Waals surface area (Å²) in [5.74, 6) is 6.82. The van der Waals surface area contributed by atoms with E-state index >= 15 is 0 Å². The van der Waals surface area contributed by atoms with E-state index in [2.05, 4.69) is 15.0 Å². The highest BCUT2D eigenvalue weighted by molar-refractivity contribution is 5.84. The fraction of sp³-hybridized carbons (Fsp3) is 0.444. The number of nitrogens with zero attached hydrogens (tertiary/aromatic N) is 5. The van der Waals surface area contributed by atoms with Crippen molar-refractivity contribution < 1.29 is 0 Å². The number of hydrogen-bond donors (Lipinski definition) is 2. The van der Waals surface area contributed by atoms with Crippen molar-refractivity contribution in [3.8, 4) is 0 Å². The second-order valence-electron chi connectivity index (χ2n) is 4.07. The lowest BCUT2D eigenvalue weighted by atomic mass is 10.4. The molecule has 0 unspecified atom stereocenters.